The van der Waals surface area contributed by atoms with Crippen molar-refractivity contribution in [2.45, 2.75) is 32.3 Å². The number of aromatic nitrogens is 2. The first-order valence-corrected chi connectivity index (χ1v) is 7.72. The largest absolute Gasteiger partial charge is 0.368 e. The zero-order chi connectivity index (χ0) is 15.9. The van der Waals surface area contributed by atoms with Crippen LogP contribution in [0.4, 0.5) is 0 Å². The number of ether oxygens (including phenoxy) is 1. The minimum Gasteiger partial charge on any atom is -0.368 e. The quantitative estimate of drug-likeness (QED) is 0.938. The number of aryl methyl sites for hydroxylation is 2. The summed E-state index contributed by atoms with van der Waals surface area (Å²) in [6, 6.07) is 6.12. The summed E-state index contributed by atoms with van der Waals surface area (Å²) in [5.41, 5.74) is 2.39. The maximum absolute atomic E-state index is 12.9. The van der Waals surface area contributed by atoms with Crippen LogP contribution in [0.3, 0.4) is 0 Å². The molecule has 1 N–H and O–H groups in total. The van der Waals surface area contributed by atoms with Crippen LogP contribution in [-0.2, 0) is 22.0 Å². The first-order chi connectivity index (χ1) is 10.4. The lowest BCUT2D eigenvalue weighted by Gasteiger charge is -2.30. The Kier molecular flexibility index (Phi) is 3.78. The van der Waals surface area contributed by atoms with Gasteiger partial charge in [0.1, 0.15) is 6.10 Å². The number of benzene rings is 1. The number of carbonyl (C=O) groups excluding carboxylic acids is 1. The van der Waals surface area contributed by atoms with E-state index >= 15 is 0 Å². The molecular weight excluding hydrogens is 278 g/mol. The second kappa shape index (κ2) is 5.48. The summed E-state index contributed by atoms with van der Waals surface area (Å²) in [5.74, 6) is 0.0845. The lowest BCUT2D eigenvalue weighted by Crippen LogP contribution is -2.49. The summed E-state index contributed by atoms with van der Waals surface area (Å²) in [6.07, 6.45) is -0.398. The molecule has 1 saturated heterocycles. The molecule has 22 heavy (non-hydrogen) atoms. The van der Waals surface area contributed by atoms with Crippen molar-refractivity contribution in [2.24, 2.45) is 7.05 Å². The number of hydrogen-bond donors (Lipinski definition) is 1. The van der Waals surface area contributed by atoms with Gasteiger partial charge in [0.2, 0.25) is 0 Å². The topological polar surface area (TPSA) is 56.1 Å². The minimum absolute atomic E-state index is 0.0845. The molecule has 118 valence electrons. The van der Waals surface area contributed by atoms with Crippen molar-refractivity contribution in [3.05, 3.63) is 29.5 Å². The van der Waals surface area contributed by atoms with Gasteiger partial charge < -0.3 is 10.1 Å². The molecule has 0 aliphatic carbocycles. The van der Waals surface area contributed by atoms with Crippen LogP contribution < -0.4 is 5.32 Å². The second-order valence-electron chi connectivity index (χ2n) is 6.50. The number of hydrogen-bond acceptors (Lipinski definition) is 4. The van der Waals surface area contributed by atoms with Gasteiger partial charge in [-0.25, -0.2) is 0 Å². The summed E-state index contributed by atoms with van der Waals surface area (Å²) < 4.78 is 7.51. The Balaban J connectivity index is 2.05. The van der Waals surface area contributed by atoms with E-state index in [0.29, 0.717) is 13.2 Å². The summed E-state index contributed by atoms with van der Waals surface area (Å²) in [6.45, 7) is 7.90. The van der Waals surface area contributed by atoms with E-state index in [1.165, 1.54) is 0 Å². The van der Waals surface area contributed by atoms with Crippen LogP contribution >= 0.6 is 0 Å². The monoisotopic (exact) mass is 301 g/mol. The van der Waals surface area contributed by atoms with Crippen molar-refractivity contribution in [2.75, 3.05) is 19.7 Å². The molecule has 0 bridgehead atoms. The number of rotatable bonds is 3. The van der Waals surface area contributed by atoms with Gasteiger partial charge in [-0.05, 0) is 26.3 Å². The average molecular weight is 301 g/mol. The molecule has 0 saturated carbocycles. The Morgan fingerprint density at radius 3 is 2.91 bits per heavy atom. The van der Waals surface area contributed by atoms with E-state index in [2.05, 4.69) is 23.4 Å². The van der Waals surface area contributed by atoms with Crippen molar-refractivity contribution in [1.82, 2.24) is 15.1 Å². The second-order valence-corrected chi connectivity index (χ2v) is 6.50. The maximum Gasteiger partial charge on any atom is 0.174 e. The van der Waals surface area contributed by atoms with Gasteiger partial charge in [0.05, 0.1) is 23.2 Å². The molecule has 0 amide bonds. The molecule has 5 heteroatoms. The molecule has 1 aromatic carbocycles. The standard InChI is InChI=1S/C17H23N3O2/c1-11-6-5-7-12-14(11)20(4)19-15(12)17(2,3)16(21)13-10-18-8-9-22-13/h5-7,13,18H,8-10H2,1-4H3/t13-/m0/s1. The number of nitrogens with zero attached hydrogens (tertiary/aromatic N) is 2. The highest BCUT2D eigenvalue weighted by Gasteiger charge is 2.39. The molecule has 1 aliphatic rings. The molecule has 2 aromatic rings. The number of fused-ring (bicyclic) bond motifs is 1. The SMILES string of the molecule is Cc1cccc2c(C(C)(C)C(=O)[C@@H]3CNCCO3)nn(C)c12. The molecular formula is C17H23N3O2. The number of carbonyl (C=O) groups is 1. The van der Waals surface area contributed by atoms with E-state index in [1.807, 2.05) is 37.7 Å². The van der Waals surface area contributed by atoms with Crippen molar-refractivity contribution >= 4 is 16.7 Å². The van der Waals surface area contributed by atoms with Gasteiger partial charge >= 0.3 is 0 Å². The van der Waals surface area contributed by atoms with Crippen molar-refractivity contribution < 1.29 is 9.53 Å². The predicted molar refractivity (Wildman–Crippen MR) is 86.1 cm³/mol. The van der Waals surface area contributed by atoms with Gasteiger partial charge in [0.25, 0.3) is 0 Å². The summed E-state index contributed by atoms with van der Waals surface area (Å²) >= 11 is 0. The van der Waals surface area contributed by atoms with E-state index in [0.717, 1.165) is 28.7 Å². The van der Waals surface area contributed by atoms with E-state index in [9.17, 15) is 4.79 Å². The highest BCUT2D eigenvalue weighted by atomic mass is 16.5. The van der Waals surface area contributed by atoms with E-state index in [-0.39, 0.29) is 5.78 Å². The zero-order valence-corrected chi connectivity index (χ0v) is 13.6. The third kappa shape index (κ3) is 2.34. The van der Waals surface area contributed by atoms with Crippen LogP contribution in [0.25, 0.3) is 10.9 Å². The van der Waals surface area contributed by atoms with E-state index in [1.54, 1.807) is 0 Å². The lowest BCUT2D eigenvalue weighted by molar-refractivity contribution is -0.136. The molecule has 1 atom stereocenters. The fourth-order valence-electron chi connectivity index (χ4n) is 3.25. The average Bonchev–Trinajstić information content (AvgIpc) is 2.86. The third-order valence-electron chi connectivity index (χ3n) is 4.49. The molecule has 2 heterocycles. The van der Waals surface area contributed by atoms with Gasteiger partial charge in [-0.3, -0.25) is 9.48 Å². The molecule has 0 spiro atoms. The Morgan fingerprint density at radius 1 is 1.45 bits per heavy atom. The van der Waals surface area contributed by atoms with Crippen molar-refractivity contribution in [1.29, 1.82) is 0 Å². The van der Waals surface area contributed by atoms with Crippen LogP contribution in [0.5, 0.6) is 0 Å². The maximum atomic E-state index is 12.9. The van der Waals surface area contributed by atoms with Crippen molar-refractivity contribution in [3.63, 3.8) is 0 Å². The zero-order valence-electron chi connectivity index (χ0n) is 13.6. The Bertz CT molecular complexity index is 712. The molecule has 1 aliphatic heterocycles. The van der Waals surface area contributed by atoms with Crippen LogP contribution in [0.15, 0.2) is 18.2 Å². The molecule has 0 radical (unpaired) electrons. The van der Waals surface area contributed by atoms with Crippen LogP contribution in [0.2, 0.25) is 0 Å². The Hall–Kier alpha value is -1.72. The van der Waals surface area contributed by atoms with Gasteiger partial charge in [-0.1, -0.05) is 18.2 Å². The lowest BCUT2D eigenvalue weighted by atomic mass is 9.80. The van der Waals surface area contributed by atoms with Gasteiger partial charge in [0.15, 0.2) is 5.78 Å². The summed E-state index contributed by atoms with van der Waals surface area (Å²) in [7, 11) is 1.93. The predicted octanol–water partition coefficient (Wildman–Crippen LogP) is 1.72. The summed E-state index contributed by atoms with van der Waals surface area (Å²) in [4.78, 5) is 12.9. The number of Topliss-reactive ketones (excluding diaryl/α,β-unsaturated/α-hetero) is 1. The van der Waals surface area contributed by atoms with Gasteiger partial charge in [-0.2, -0.15) is 5.10 Å². The first-order valence-electron chi connectivity index (χ1n) is 7.72. The minimum atomic E-state index is -0.684. The number of ketones is 1. The summed E-state index contributed by atoms with van der Waals surface area (Å²) in [5, 5.41) is 8.92. The highest BCUT2D eigenvalue weighted by molar-refractivity contribution is 5.97. The molecule has 3 rings (SSSR count). The number of para-hydroxylation sites is 1. The van der Waals surface area contributed by atoms with Crippen molar-refractivity contribution in [3.8, 4) is 0 Å². The normalized spacial score (nSPS) is 19.5. The first kappa shape index (κ1) is 15.2. The number of nitrogens with one attached hydrogen (secondary N) is 1. The molecule has 1 aromatic heterocycles. The fourth-order valence-corrected chi connectivity index (χ4v) is 3.25. The van der Waals surface area contributed by atoms with Crippen LogP contribution in [0, 0.1) is 6.92 Å². The number of morpholine rings is 1. The Morgan fingerprint density at radius 2 is 2.23 bits per heavy atom. The van der Waals surface area contributed by atoms with Crippen LogP contribution in [0.1, 0.15) is 25.1 Å². The fraction of sp³-hybridized carbons (Fsp3) is 0.529. The van der Waals surface area contributed by atoms with Gasteiger partial charge in [0, 0.05) is 25.5 Å². The van der Waals surface area contributed by atoms with Gasteiger partial charge in [-0.15, -0.1) is 0 Å². The highest BCUT2D eigenvalue weighted by Crippen LogP contribution is 2.32. The van der Waals surface area contributed by atoms with E-state index in [4.69, 9.17) is 4.74 Å². The van der Waals surface area contributed by atoms with Crippen LogP contribution in [-0.4, -0.2) is 41.4 Å². The molecule has 1 fully saturated rings. The third-order valence-corrected chi connectivity index (χ3v) is 4.49. The Labute approximate surface area is 130 Å². The smallest absolute Gasteiger partial charge is 0.174 e. The molecule has 0 unspecified atom stereocenters. The van der Waals surface area contributed by atoms with E-state index < -0.39 is 11.5 Å². The molecule has 5 nitrogen and oxygen atoms in total.